The summed E-state index contributed by atoms with van der Waals surface area (Å²) >= 11 is 0. The highest BCUT2D eigenvalue weighted by molar-refractivity contribution is 6.07. The first-order valence-electron chi connectivity index (χ1n) is 14.4. The number of carbonyl (C=O) groups excluding carboxylic acids is 3. The lowest BCUT2D eigenvalue weighted by Gasteiger charge is -2.37. The van der Waals surface area contributed by atoms with Crippen molar-refractivity contribution in [2.45, 2.75) is 19.4 Å². The minimum absolute atomic E-state index is 0.111. The fourth-order valence-corrected chi connectivity index (χ4v) is 5.22. The second kappa shape index (κ2) is 13.8. The molecular formula is C34H32FN5O5. The summed E-state index contributed by atoms with van der Waals surface area (Å²) in [4.78, 5) is 59.0. The molecule has 1 aromatic heterocycles. The molecule has 0 aliphatic carbocycles. The van der Waals surface area contributed by atoms with Gasteiger partial charge in [0.25, 0.3) is 17.7 Å². The first-order chi connectivity index (χ1) is 21.7. The quantitative estimate of drug-likeness (QED) is 0.251. The van der Waals surface area contributed by atoms with Crippen LogP contribution >= 0.6 is 0 Å². The second-order valence-corrected chi connectivity index (χ2v) is 10.8. The van der Waals surface area contributed by atoms with Gasteiger partial charge < -0.3 is 25.5 Å². The van der Waals surface area contributed by atoms with E-state index in [1.54, 1.807) is 59.6 Å². The van der Waals surface area contributed by atoms with E-state index in [1.807, 2.05) is 17.9 Å². The van der Waals surface area contributed by atoms with Crippen LogP contribution in [-0.2, 0) is 4.79 Å². The molecule has 4 aromatic rings. The maximum atomic E-state index is 13.5. The van der Waals surface area contributed by atoms with Crippen molar-refractivity contribution in [2.75, 3.05) is 36.4 Å². The normalized spacial score (nSPS) is 13.6. The van der Waals surface area contributed by atoms with E-state index in [4.69, 9.17) is 0 Å². The van der Waals surface area contributed by atoms with Crippen molar-refractivity contribution in [3.8, 4) is 0 Å². The number of piperazine rings is 1. The Balaban J connectivity index is 1.39. The molecule has 10 nitrogen and oxygen atoms in total. The van der Waals surface area contributed by atoms with Crippen LogP contribution in [0.2, 0.25) is 0 Å². The molecule has 45 heavy (non-hydrogen) atoms. The Bertz CT molecular complexity index is 1710. The summed E-state index contributed by atoms with van der Waals surface area (Å²) in [5, 5.41) is 15.1. The maximum Gasteiger partial charge on any atom is 0.305 e. The molecule has 3 amide bonds. The second-order valence-electron chi connectivity index (χ2n) is 10.8. The van der Waals surface area contributed by atoms with Gasteiger partial charge in [0, 0.05) is 49.7 Å². The first-order valence-corrected chi connectivity index (χ1v) is 14.4. The van der Waals surface area contributed by atoms with E-state index < -0.39 is 30.2 Å². The number of aromatic nitrogens is 1. The number of hydrogen-bond donors (Lipinski definition) is 3. The number of carbonyl (C=O) groups is 4. The van der Waals surface area contributed by atoms with Crippen LogP contribution in [-0.4, -0.2) is 64.9 Å². The highest BCUT2D eigenvalue weighted by atomic mass is 19.1. The molecule has 0 radical (unpaired) electrons. The largest absolute Gasteiger partial charge is 0.481 e. The summed E-state index contributed by atoms with van der Waals surface area (Å²) in [5.74, 6) is -2.65. The number of nitrogens with one attached hydrogen (secondary N) is 2. The van der Waals surface area contributed by atoms with Crippen molar-refractivity contribution in [1.29, 1.82) is 0 Å². The van der Waals surface area contributed by atoms with Gasteiger partial charge in [-0.25, -0.2) is 4.39 Å². The predicted octanol–water partition coefficient (Wildman–Crippen LogP) is 4.69. The molecule has 11 heteroatoms. The number of aliphatic carboxylic acids is 1. The van der Waals surface area contributed by atoms with Gasteiger partial charge in [0.2, 0.25) is 0 Å². The van der Waals surface area contributed by atoms with Gasteiger partial charge in [-0.3, -0.25) is 24.2 Å². The van der Waals surface area contributed by atoms with E-state index in [0.29, 0.717) is 54.2 Å². The van der Waals surface area contributed by atoms with Crippen LogP contribution in [0.25, 0.3) is 0 Å². The third kappa shape index (κ3) is 7.69. The van der Waals surface area contributed by atoms with Crippen LogP contribution in [0, 0.1) is 12.7 Å². The van der Waals surface area contributed by atoms with Gasteiger partial charge in [0.1, 0.15) is 5.82 Å². The molecule has 1 atom stereocenters. The Morgan fingerprint density at radius 3 is 2.24 bits per heavy atom. The number of benzene rings is 3. The lowest BCUT2D eigenvalue weighted by atomic mass is 10.0. The van der Waals surface area contributed by atoms with E-state index >= 15 is 0 Å². The molecule has 0 spiro atoms. The summed E-state index contributed by atoms with van der Waals surface area (Å²) in [5.41, 5.74) is 3.56. The number of halogens is 1. The molecular weight excluding hydrogens is 577 g/mol. The Hall–Kier alpha value is -5.58. The van der Waals surface area contributed by atoms with Gasteiger partial charge >= 0.3 is 5.97 Å². The molecule has 1 saturated heterocycles. The third-order valence-electron chi connectivity index (χ3n) is 7.56. The van der Waals surface area contributed by atoms with Gasteiger partial charge in [0.15, 0.2) is 0 Å². The minimum Gasteiger partial charge on any atom is -0.481 e. The fourth-order valence-electron chi connectivity index (χ4n) is 5.22. The van der Waals surface area contributed by atoms with E-state index in [-0.39, 0.29) is 17.4 Å². The number of rotatable bonds is 9. The summed E-state index contributed by atoms with van der Waals surface area (Å²) in [6, 6.07) is 19.8. The molecule has 0 bridgehead atoms. The van der Waals surface area contributed by atoms with Crippen molar-refractivity contribution in [2.24, 2.45) is 0 Å². The van der Waals surface area contributed by atoms with Crippen molar-refractivity contribution < 1.29 is 28.7 Å². The Kier molecular flexibility index (Phi) is 9.47. The fraction of sp³-hybridized carbons (Fsp3) is 0.206. The van der Waals surface area contributed by atoms with Crippen LogP contribution in [0.15, 0.2) is 91.3 Å². The molecule has 1 fully saturated rings. The van der Waals surface area contributed by atoms with Crippen LogP contribution in [0.4, 0.5) is 15.8 Å². The smallest absolute Gasteiger partial charge is 0.305 e. The standard InChI is InChI=1S/C34H32FN5O5/c1-22-4-2-5-24(18-22)32(43)38-29-19-25(33(44)37-28(20-31(41)42)23-7-10-27(35)11-8-23)9-12-30(29)39-14-16-40(17-15-39)34(45)26-6-3-13-36-21-26/h2-13,18-19,21,28H,14-17,20H2,1H3,(H,37,44)(H,38,43)(H,41,42). The zero-order valence-electron chi connectivity index (χ0n) is 24.6. The number of amides is 3. The number of pyridine rings is 1. The van der Waals surface area contributed by atoms with Gasteiger partial charge in [-0.15, -0.1) is 0 Å². The number of hydrogen-bond acceptors (Lipinski definition) is 6. The predicted molar refractivity (Wildman–Crippen MR) is 167 cm³/mol. The molecule has 230 valence electrons. The molecule has 3 N–H and O–H groups in total. The third-order valence-corrected chi connectivity index (χ3v) is 7.56. The van der Waals surface area contributed by atoms with Crippen LogP contribution in [0.3, 0.4) is 0 Å². The number of nitrogens with zero attached hydrogens (tertiary/aromatic N) is 3. The number of carboxylic acid groups (broad SMARTS) is 1. The Morgan fingerprint density at radius 1 is 0.867 bits per heavy atom. The molecule has 1 unspecified atom stereocenters. The van der Waals surface area contributed by atoms with E-state index in [0.717, 1.165) is 5.56 Å². The number of carboxylic acids is 1. The van der Waals surface area contributed by atoms with Crippen molar-refractivity contribution in [3.05, 3.63) is 125 Å². The Labute approximate surface area is 259 Å². The number of anilines is 2. The Morgan fingerprint density at radius 2 is 1.58 bits per heavy atom. The van der Waals surface area contributed by atoms with Crippen LogP contribution in [0.1, 0.15) is 54.7 Å². The van der Waals surface area contributed by atoms with Gasteiger partial charge in [-0.2, -0.15) is 0 Å². The van der Waals surface area contributed by atoms with E-state index in [9.17, 15) is 28.7 Å². The molecule has 1 aliphatic rings. The zero-order chi connectivity index (χ0) is 31.9. The van der Waals surface area contributed by atoms with Gasteiger partial charge in [0.05, 0.1) is 29.4 Å². The average Bonchev–Trinajstić information content (AvgIpc) is 3.04. The lowest BCUT2D eigenvalue weighted by molar-refractivity contribution is -0.137. The summed E-state index contributed by atoms with van der Waals surface area (Å²) < 4.78 is 13.5. The summed E-state index contributed by atoms with van der Waals surface area (Å²) in [6.45, 7) is 3.73. The van der Waals surface area contributed by atoms with Crippen molar-refractivity contribution >= 4 is 35.1 Å². The maximum absolute atomic E-state index is 13.5. The van der Waals surface area contributed by atoms with Crippen LogP contribution < -0.4 is 15.5 Å². The molecule has 5 rings (SSSR count). The lowest BCUT2D eigenvalue weighted by Crippen LogP contribution is -2.49. The highest BCUT2D eigenvalue weighted by Gasteiger charge is 2.26. The van der Waals surface area contributed by atoms with Crippen LogP contribution in [0.5, 0.6) is 0 Å². The molecule has 0 saturated carbocycles. The van der Waals surface area contributed by atoms with Gasteiger partial charge in [-0.1, -0.05) is 29.8 Å². The molecule has 3 aromatic carbocycles. The monoisotopic (exact) mass is 609 g/mol. The van der Waals surface area contributed by atoms with E-state index in [2.05, 4.69) is 15.6 Å². The molecule has 2 heterocycles. The zero-order valence-corrected chi connectivity index (χ0v) is 24.6. The molecule has 1 aliphatic heterocycles. The van der Waals surface area contributed by atoms with Crippen molar-refractivity contribution in [3.63, 3.8) is 0 Å². The highest BCUT2D eigenvalue weighted by Crippen LogP contribution is 2.30. The average molecular weight is 610 g/mol. The minimum atomic E-state index is -1.13. The van der Waals surface area contributed by atoms with Gasteiger partial charge in [-0.05, 0) is 67.1 Å². The van der Waals surface area contributed by atoms with E-state index in [1.165, 1.54) is 30.5 Å². The SMILES string of the molecule is Cc1cccc(C(=O)Nc2cc(C(=O)NC(CC(=O)O)c3ccc(F)cc3)ccc2N2CCN(C(=O)c3cccnc3)CC2)c1. The topological polar surface area (TPSA) is 132 Å². The number of aryl methyl sites for hydroxylation is 1. The summed E-state index contributed by atoms with van der Waals surface area (Å²) in [7, 11) is 0. The summed E-state index contributed by atoms with van der Waals surface area (Å²) in [6.07, 6.45) is 2.74. The van der Waals surface area contributed by atoms with Crippen molar-refractivity contribution in [1.82, 2.24) is 15.2 Å². The first kappa shape index (κ1) is 30.9.